The van der Waals surface area contributed by atoms with Crippen molar-refractivity contribution in [3.8, 4) is 0 Å². The second kappa shape index (κ2) is 15.2. The lowest BCUT2D eigenvalue weighted by molar-refractivity contribution is -0.152. The minimum Gasteiger partial charge on any atom is -0.460 e. The number of carbonyl (C=O) groups is 6. The summed E-state index contributed by atoms with van der Waals surface area (Å²) in [7, 11) is 0. The van der Waals surface area contributed by atoms with Crippen LogP contribution in [0.25, 0.3) is 0 Å². The van der Waals surface area contributed by atoms with E-state index < -0.39 is 75.8 Å². The van der Waals surface area contributed by atoms with Gasteiger partial charge in [0.2, 0.25) is 17.6 Å². The van der Waals surface area contributed by atoms with Crippen LogP contribution in [-0.4, -0.2) is 81.6 Å². The molecule has 5 aliphatic rings. The average Bonchev–Trinajstić information content (AvgIpc) is 3.62. The summed E-state index contributed by atoms with van der Waals surface area (Å²) in [6, 6.07) is 10.6. The molecule has 2 saturated carbocycles. The molecule has 3 fully saturated rings. The van der Waals surface area contributed by atoms with Gasteiger partial charge >= 0.3 is 12.0 Å². The number of alkyl halides is 2. The first-order chi connectivity index (χ1) is 25.7. The first kappa shape index (κ1) is 38.1. The third kappa shape index (κ3) is 7.56. The molecule has 2 aromatic rings. The minimum atomic E-state index is -1.27. The number of ketones is 1. The summed E-state index contributed by atoms with van der Waals surface area (Å²) in [4.78, 5) is 82.3. The van der Waals surface area contributed by atoms with Crippen molar-refractivity contribution < 1.29 is 33.5 Å². The lowest BCUT2D eigenvalue weighted by Crippen LogP contribution is -2.61. The van der Waals surface area contributed by atoms with Crippen molar-refractivity contribution in [3.05, 3.63) is 70.8 Å². The number of Topliss-reactive ketones (excluding diaryl/α,β-unsaturated/α-hetero) is 1. The van der Waals surface area contributed by atoms with E-state index in [1.54, 1.807) is 13.8 Å². The van der Waals surface area contributed by atoms with Crippen LogP contribution in [0.5, 0.6) is 0 Å². The quantitative estimate of drug-likeness (QED) is 0.137. The molecule has 5 amide bonds. The molecule has 1 unspecified atom stereocenters. The predicted molar refractivity (Wildman–Crippen MR) is 200 cm³/mol. The van der Waals surface area contributed by atoms with E-state index in [0.29, 0.717) is 25.7 Å². The number of rotatable bonds is 13. The smallest absolute Gasteiger partial charge is 0.329 e. The van der Waals surface area contributed by atoms with E-state index in [2.05, 4.69) is 16.0 Å². The van der Waals surface area contributed by atoms with Crippen LogP contribution in [0, 0.1) is 29.6 Å². The number of likely N-dealkylation sites (tertiary alicyclic amines) is 1. The molecule has 54 heavy (non-hydrogen) atoms. The van der Waals surface area contributed by atoms with E-state index in [9.17, 15) is 28.8 Å². The number of carbonyl (C=O) groups excluding carboxylic acids is 6. The number of esters is 1. The van der Waals surface area contributed by atoms with Crippen molar-refractivity contribution in [3.63, 3.8) is 0 Å². The van der Waals surface area contributed by atoms with E-state index >= 15 is 0 Å². The normalized spacial score (nSPS) is 24.3. The predicted octanol–water partition coefficient (Wildman–Crippen LogP) is 3.16. The molecule has 0 spiro atoms. The van der Waals surface area contributed by atoms with Gasteiger partial charge in [-0.25, -0.2) is 9.59 Å². The summed E-state index contributed by atoms with van der Waals surface area (Å²) >= 11 is 13.2. The first-order valence-corrected chi connectivity index (χ1v) is 19.7. The Kier molecular flexibility index (Phi) is 10.7. The van der Waals surface area contributed by atoms with Crippen molar-refractivity contribution in [2.75, 3.05) is 6.54 Å². The van der Waals surface area contributed by atoms with Gasteiger partial charge in [-0.2, -0.15) is 0 Å². The molecule has 1 heterocycles. The van der Waals surface area contributed by atoms with Crippen molar-refractivity contribution in [1.82, 2.24) is 20.9 Å². The minimum absolute atomic E-state index is 0.0514. The van der Waals surface area contributed by atoms with Gasteiger partial charge in [0.25, 0.3) is 5.91 Å². The van der Waals surface area contributed by atoms with E-state index in [1.165, 1.54) is 4.90 Å². The van der Waals surface area contributed by atoms with Gasteiger partial charge < -0.3 is 31.3 Å². The van der Waals surface area contributed by atoms with Crippen LogP contribution in [0.1, 0.15) is 61.8 Å². The summed E-state index contributed by atoms with van der Waals surface area (Å²) < 4.78 is 4.62. The SMILES string of the molecule is CC(C)[C@H](NC(=O)N[C@H](C(=O)N1C[C@H]2[C@@H]([C@H]1C(=O)NC(CC1CCC1)C(=O)C(N)=O)C2(Cl)Cl)C1Cc2ccccc2C1)C(=O)OC1Cc2ccccc2C1. The lowest BCUT2D eigenvalue weighted by atomic mass is 9.80. The Balaban J connectivity index is 1.09. The molecular formula is C40H47Cl2N5O7. The highest BCUT2D eigenvalue weighted by Crippen LogP contribution is 2.65. The Hall–Kier alpha value is -4.16. The van der Waals surface area contributed by atoms with Crippen LogP contribution >= 0.6 is 23.2 Å². The molecule has 0 radical (unpaired) electrons. The highest BCUT2D eigenvalue weighted by Gasteiger charge is 2.74. The number of fused-ring (bicyclic) bond motifs is 3. The average molecular weight is 781 g/mol. The standard InChI is InChI=1S/C40H47Cl2N5O7/c1-20(2)31(38(52)54-27-17-24-12-5-6-13-25(24)18-27)45-39(53)46-32(26-15-22-10-3-4-11-23(22)16-26)37(51)47-19-28-30(40(28,41)42)33(47)36(50)44-29(34(48)35(43)49)14-21-8-7-9-21/h3-6,10-13,20-21,26-33H,7-9,14-19H2,1-2H3,(H2,43,49)(H,44,50)(H2,45,46,53)/t28-,29?,30-,31-,32-,33-/m0/s1. The van der Waals surface area contributed by atoms with Crippen molar-refractivity contribution in [1.29, 1.82) is 0 Å². The molecule has 7 rings (SSSR count). The van der Waals surface area contributed by atoms with Crippen LogP contribution < -0.4 is 21.7 Å². The Bertz CT molecular complexity index is 1800. The van der Waals surface area contributed by atoms with Gasteiger partial charge in [0.15, 0.2) is 0 Å². The molecule has 6 atom stereocenters. The molecule has 1 aliphatic heterocycles. The molecule has 2 aromatic carbocycles. The third-order valence-electron chi connectivity index (χ3n) is 12.2. The molecule has 288 valence electrons. The zero-order chi connectivity index (χ0) is 38.5. The largest absolute Gasteiger partial charge is 0.460 e. The fourth-order valence-corrected chi connectivity index (χ4v) is 9.73. The Labute approximate surface area is 324 Å². The van der Waals surface area contributed by atoms with Crippen LogP contribution in [-0.2, 0) is 54.4 Å². The topological polar surface area (TPSA) is 177 Å². The summed E-state index contributed by atoms with van der Waals surface area (Å²) in [5.74, 6) is -5.38. The molecule has 4 aliphatic carbocycles. The van der Waals surface area contributed by atoms with E-state index in [1.807, 2.05) is 48.5 Å². The highest BCUT2D eigenvalue weighted by atomic mass is 35.5. The van der Waals surface area contributed by atoms with Crippen molar-refractivity contribution in [2.45, 2.75) is 99.8 Å². The second-order valence-corrected chi connectivity index (χ2v) is 17.5. The number of halogens is 2. The zero-order valence-electron chi connectivity index (χ0n) is 30.4. The van der Waals surface area contributed by atoms with Crippen LogP contribution in [0.3, 0.4) is 0 Å². The zero-order valence-corrected chi connectivity index (χ0v) is 31.9. The number of nitrogens with one attached hydrogen (secondary N) is 3. The maximum absolute atomic E-state index is 14.7. The van der Waals surface area contributed by atoms with Crippen molar-refractivity contribution in [2.24, 2.45) is 35.3 Å². The second-order valence-electron chi connectivity index (χ2n) is 16.1. The molecule has 12 nitrogen and oxygen atoms in total. The fourth-order valence-electron chi connectivity index (χ4n) is 8.91. The van der Waals surface area contributed by atoms with Gasteiger partial charge in [-0.1, -0.05) is 81.6 Å². The number of ether oxygens (including phenoxy) is 1. The highest BCUT2D eigenvalue weighted by molar-refractivity contribution is 6.51. The number of hydrogen-bond donors (Lipinski definition) is 4. The number of hydrogen-bond acceptors (Lipinski definition) is 7. The number of primary amides is 1. The Morgan fingerprint density at radius 2 is 1.44 bits per heavy atom. The monoisotopic (exact) mass is 779 g/mol. The maximum atomic E-state index is 14.7. The summed E-state index contributed by atoms with van der Waals surface area (Å²) in [6.07, 6.45) is 4.81. The lowest BCUT2D eigenvalue weighted by Gasteiger charge is -2.35. The molecule has 0 aromatic heterocycles. The summed E-state index contributed by atoms with van der Waals surface area (Å²) in [5.41, 5.74) is 9.70. The molecule has 14 heteroatoms. The van der Waals surface area contributed by atoms with Gasteiger partial charge in [-0.05, 0) is 59.3 Å². The molecule has 0 bridgehead atoms. The van der Waals surface area contributed by atoms with Crippen LogP contribution in [0.2, 0.25) is 0 Å². The number of urea groups is 1. The number of nitrogens with zero attached hydrogens (tertiary/aromatic N) is 1. The number of amides is 5. The molecule has 5 N–H and O–H groups in total. The van der Waals surface area contributed by atoms with E-state index in [4.69, 9.17) is 33.7 Å². The van der Waals surface area contributed by atoms with Crippen LogP contribution in [0.15, 0.2) is 48.5 Å². The van der Waals surface area contributed by atoms with Gasteiger partial charge in [-0.15, -0.1) is 23.2 Å². The van der Waals surface area contributed by atoms with Gasteiger partial charge in [0.1, 0.15) is 28.6 Å². The summed E-state index contributed by atoms with van der Waals surface area (Å²) in [5, 5.41) is 8.38. The van der Waals surface area contributed by atoms with E-state index in [0.717, 1.165) is 41.5 Å². The number of piperidine rings is 1. The Morgan fingerprint density at radius 1 is 0.870 bits per heavy atom. The fraction of sp³-hybridized carbons (Fsp3) is 0.550. The van der Waals surface area contributed by atoms with Gasteiger partial charge in [0, 0.05) is 31.2 Å². The number of benzene rings is 2. The number of nitrogens with two attached hydrogens (primary N) is 1. The van der Waals surface area contributed by atoms with E-state index in [-0.39, 0.29) is 36.8 Å². The maximum Gasteiger partial charge on any atom is 0.329 e. The Morgan fingerprint density at radius 3 is 1.96 bits per heavy atom. The molecular weight excluding hydrogens is 733 g/mol. The summed E-state index contributed by atoms with van der Waals surface area (Å²) in [6.45, 7) is 3.66. The van der Waals surface area contributed by atoms with Crippen molar-refractivity contribution >= 4 is 58.7 Å². The van der Waals surface area contributed by atoms with Gasteiger partial charge in [0.05, 0.1) is 6.04 Å². The molecule has 1 saturated heterocycles. The first-order valence-electron chi connectivity index (χ1n) is 19.0. The van der Waals surface area contributed by atoms with Gasteiger partial charge in [-0.3, -0.25) is 19.2 Å². The third-order valence-corrected chi connectivity index (χ3v) is 13.2. The van der Waals surface area contributed by atoms with Crippen LogP contribution in [0.4, 0.5) is 4.79 Å².